The number of carbonyl (C=O) groups is 1. The summed E-state index contributed by atoms with van der Waals surface area (Å²) in [7, 11) is 1.62. The van der Waals surface area contributed by atoms with Gasteiger partial charge >= 0.3 is 0 Å². The molecule has 1 fully saturated rings. The Bertz CT molecular complexity index is 678. The fourth-order valence-corrected chi connectivity index (χ4v) is 2.82. The molecule has 1 aliphatic carbocycles. The standard InChI is InChI=1S/C20H23NO3/c1-15(24-18-10-8-17(23-2)9-11-18)19(22)21-14-20(12-13-20)16-6-4-3-5-7-16/h3-11,15H,12-14H2,1-2H3,(H,21,22)/t15-/m1/s1. The highest BCUT2D eigenvalue weighted by Gasteiger charge is 2.44. The summed E-state index contributed by atoms with van der Waals surface area (Å²) in [5, 5.41) is 3.04. The Hall–Kier alpha value is -2.49. The van der Waals surface area contributed by atoms with Gasteiger partial charge in [-0.05, 0) is 49.6 Å². The van der Waals surface area contributed by atoms with Gasteiger partial charge in [-0.1, -0.05) is 30.3 Å². The molecule has 0 bridgehead atoms. The van der Waals surface area contributed by atoms with Gasteiger partial charge in [0, 0.05) is 12.0 Å². The lowest BCUT2D eigenvalue weighted by Gasteiger charge is -2.19. The van der Waals surface area contributed by atoms with Crippen LogP contribution in [0.15, 0.2) is 54.6 Å². The first-order chi connectivity index (χ1) is 11.6. The van der Waals surface area contributed by atoms with E-state index in [2.05, 4.69) is 17.4 Å². The average molecular weight is 325 g/mol. The van der Waals surface area contributed by atoms with Gasteiger partial charge in [0.2, 0.25) is 0 Å². The Balaban J connectivity index is 1.53. The fourth-order valence-electron chi connectivity index (χ4n) is 2.82. The predicted octanol–water partition coefficient (Wildman–Crippen LogP) is 3.31. The second kappa shape index (κ2) is 6.95. The van der Waals surface area contributed by atoms with Crippen molar-refractivity contribution in [3.05, 3.63) is 60.2 Å². The quantitative estimate of drug-likeness (QED) is 0.849. The van der Waals surface area contributed by atoms with Crippen LogP contribution in [0.1, 0.15) is 25.3 Å². The number of hydrogen-bond donors (Lipinski definition) is 1. The number of rotatable bonds is 7. The molecule has 4 heteroatoms. The third-order valence-electron chi connectivity index (χ3n) is 4.58. The van der Waals surface area contributed by atoms with E-state index >= 15 is 0 Å². The van der Waals surface area contributed by atoms with E-state index in [-0.39, 0.29) is 11.3 Å². The number of carbonyl (C=O) groups excluding carboxylic acids is 1. The van der Waals surface area contributed by atoms with Gasteiger partial charge < -0.3 is 14.8 Å². The highest BCUT2D eigenvalue weighted by Crippen LogP contribution is 2.47. The molecular formula is C20H23NO3. The van der Waals surface area contributed by atoms with Crippen molar-refractivity contribution in [1.82, 2.24) is 5.32 Å². The molecule has 0 aromatic heterocycles. The van der Waals surface area contributed by atoms with Gasteiger partial charge in [0.15, 0.2) is 6.10 Å². The summed E-state index contributed by atoms with van der Waals surface area (Å²) < 4.78 is 10.8. The van der Waals surface area contributed by atoms with Crippen LogP contribution in [0, 0.1) is 0 Å². The lowest BCUT2D eigenvalue weighted by Crippen LogP contribution is -2.40. The first kappa shape index (κ1) is 16.4. The number of nitrogens with one attached hydrogen (secondary N) is 1. The third-order valence-corrected chi connectivity index (χ3v) is 4.58. The van der Waals surface area contributed by atoms with E-state index in [4.69, 9.17) is 9.47 Å². The van der Waals surface area contributed by atoms with Gasteiger partial charge in [0.25, 0.3) is 5.91 Å². The summed E-state index contributed by atoms with van der Waals surface area (Å²) in [6.07, 6.45) is 1.70. The Labute approximate surface area is 142 Å². The largest absolute Gasteiger partial charge is 0.497 e. The third kappa shape index (κ3) is 3.70. The van der Waals surface area contributed by atoms with Crippen LogP contribution in [-0.2, 0) is 10.2 Å². The van der Waals surface area contributed by atoms with Gasteiger partial charge in [0.05, 0.1) is 7.11 Å². The fraction of sp³-hybridized carbons (Fsp3) is 0.350. The van der Waals surface area contributed by atoms with E-state index < -0.39 is 6.10 Å². The van der Waals surface area contributed by atoms with Crippen LogP contribution in [0.5, 0.6) is 11.5 Å². The number of hydrogen-bond acceptors (Lipinski definition) is 3. The van der Waals surface area contributed by atoms with E-state index in [1.54, 1.807) is 26.2 Å². The number of methoxy groups -OCH3 is 1. The molecule has 0 saturated heterocycles. The van der Waals surface area contributed by atoms with Crippen LogP contribution in [0.4, 0.5) is 0 Å². The minimum absolute atomic E-state index is 0.0898. The normalized spacial score (nSPS) is 16.1. The van der Waals surface area contributed by atoms with Crippen LogP contribution < -0.4 is 14.8 Å². The summed E-state index contributed by atoms with van der Waals surface area (Å²) in [5.41, 5.74) is 1.41. The molecule has 24 heavy (non-hydrogen) atoms. The minimum atomic E-state index is -0.537. The molecule has 1 N–H and O–H groups in total. The van der Waals surface area contributed by atoms with Crippen molar-refractivity contribution < 1.29 is 14.3 Å². The molecule has 0 radical (unpaired) electrons. The molecule has 3 rings (SSSR count). The molecule has 2 aromatic rings. The van der Waals surface area contributed by atoms with Crippen molar-refractivity contribution in [1.29, 1.82) is 0 Å². The van der Waals surface area contributed by atoms with Gasteiger partial charge in [0.1, 0.15) is 11.5 Å². The second-order valence-electron chi connectivity index (χ2n) is 6.30. The molecule has 0 heterocycles. The predicted molar refractivity (Wildman–Crippen MR) is 93.4 cm³/mol. The molecule has 126 valence electrons. The van der Waals surface area contributed by atoms with Crippen molar-refractivity contribution in [2.75, 3.05) is 13.7 Å². The van der Waals surface area contributed by atoms with Crippen molar-refractivity contribution in [3.8, 4) is 11.5 Å². The first-order valence-electron chi connectivity index (χ1n) is 8.27. The van der Waals surface area contributed by atoms with Crippen LogP contribution in [-0.4, -0.2) is 25.7 Å². The maximum Gasteiger partial charge on any atom is 0.260 e. The molecule has 2 aromatic carbocycles. The summed E-state index contributed by atoms with van der Waals surface area (Å²) in [6.45, 7) is 2.42. The summed E-state index contributed by atoms with van der Waals surface area (Å²) in [4.78, 5) is 12.3. The molecule has 1 aliphatic rings. The molecule has 1 saturated carbocycles. The average Bonchev–Trinajstić information content (AvgIpc) is 3.42. The smallest absolute Gasteiger partial charge is 0.260 e. The topological polar surface area (TPSA) is 47.6 Å². The van der Waals surface area contributed by atoms with Crippen molar-refractivity contribution in [2.45, 2.75) is 31.3 Å². The summed E-state index contributed by atoms with van der Waals surface area (Å²) in [5.74, 6) is 1.33. The van der Waals surface area contributed by atoms with Gasteiger partial charge in [-0.2, -0.15) is 0 Å². The van der Waals surface area contributed by atoms with E-state index in [1.807, 2.05) is 30.3 Å². The monoisotopic (exact) mass is 325 g/mol. The van der Waals surface area contributed by atoms with Crippen molar-refractivity contribution in [2.24, 2.45) is 0 Å². The zero-order valence-electron chi connectivity index (χ0n) is 14.1. The van der Waals surface area contributed by atoms with Gasteiger partial charge in [-0.15, -0.1) is 0 Å². The van der Waals surface area contributed by atoms with Crippen LogP contribution in [0.2, 0.25) is 0 Å². The molecule has 1 amide bonds. The maximum absolute atomic E-state index is 12.3. The lowest BCUT2D eigenvalue weighted by molar-refractivity contribution is -0.127. The molecule has 0 unspecified atom stereocenters. The van der Waals surface area contributed by atoms with Crippen molar-refractivity contribution in [3.63, 3.8) is 0 Å². The van der Waals surface area contributed by atoms with E-state index in [0.717, 1.165) is 18.6 Å². The Morgan fingerprint density at radius 3 is 2.29 bits per heavy atom. The lowest BCUT2D eigenvalue weighted by atomic mass is 9.96. The van der Waals surface area contributed by atoms with Gasteiger partial charge in [-0.3, -0.25) is 4.79 Å². The summed E-state index contributed by atoms with van der Waals surface area (Å²) in [6, 6.07) is 17.6. The zero-order chi connectivity index (χ0) is 17.0. The van der Waals surface area contributed by atoms with Crippen LogP contribution >= 0.6 is 0 Å². The molecular weight excluding hydrogens is 302 g/mol. The van der Waals surface area contributed by atoms with Crippen LogP contribution in [0.25, 0.3) is 0 Å². The highest BCUT2D eigenvalue weighted by molar-refractivity contribution is 5.80. The number of benzene rings is 2. The Morgan fingerprint density at radius 2 is 1.71 bits per heavy atom. The minimum Gasteiger partial charge on any atom is -0.497 e. The molecule has 1 atom stereocenters. The van der Waals surface area contributed by atoms with Gasteiger partial charge in [-0.25, -0.2) is 0 Å². The first-order valence-corrected chi connectivity index (χ1v) is 8.27. The number of amides is 1. The van der Waals surface area contributed by atoms with E-state index in [1.165, 1.54) is 5.56 Å². The molecule has 0 spiro atoms. The number of ether oxygens (including phenoxy) is 2. The van der Waals surface area contributed by atoms with E-state index in [0.29, 0.717) is 12.3 Å². The molecule has 0 aliphatic heterocycles. The SMILES string of the molecule is COc1ccc(O[C@H](C)C(=O)NCC2(c3ccccc3)CC2)cc1. The highest BCUT2D eigenvalue weighted by atomic mass is 16.5. The van der Waals surface area contributed by atoms with Crippen molar-refractivity contribution >= 4 is 5.91 Å². The maximum atomic E-state index is 12.3. The Kier molecular flexibility index (Phi) is 4.74. The molecule has 4 nitrogen and oxygen atoms in total. The van der Waals surface area contributed by atoms with Crippen LogP contribution in [0.3, 0.4) is 0 Å². The summed E-state index contributed by atoms with van der Waals surface area (Å²) >= 11 is 0. The Morgan fingerprint density at radius 1 is 1.08 bits per heavy atom. The zero-order valence-corrected chi connectivity index (χ0v) is 14.1. The van der Waals surface area contributed by atoms with E-state index in [9.17, 15) is 4.79 Å². The second-order valence-corrected chi connectivity index (χ2v) is 6.30.